The first-order chi connectivity index (χ1) is 8.56. The lowest BCUT2D eigenvalue weighted by atomic mass is 10.1. The van der Waals surface area contributed by atoms with Gasteiger partial charge < -0.3 is 10.1 Å². The van der Waals surface area contributed by atoms with Gasteiger partial charge in [0.05, 0.1) is 11.0 Å². The summed E-state index contributed by atoms with van der Waals surface area (Å²) in [5.41, 5.74) is 4.55. The summed E-state index contributed by atoms with van der Waals surface area (Å²) < 4.78 is 0. The Labute approximate surface area is 118 Å². The minimum atomic E-state index is -0.731. The normalized spacial score (nSPS) is 10.4. The Balaban J connectivity index is 0.00000180. The molecule has 0 amide bonds. The van der Waals surface area contributed by atoms with E-state index in [0.29, 0.717) is 6.42 Å². The molecule has 19 heavy (non-hydrogen) atoms. The van der Waals surface area contributed by atoms with Crippen molar-refractivity contribution in [2.24, 2.45) is 0 Å². The molecule has 4 nitrogen and oxygen atoms in total. The number of aromatic nitrogens is 2. The Morgan fingerprint density at radius 2 is 1.95 bits per heavy atom. The van der Waals surface area contributed by atoms with E-state index in [1.165, 1.54) is 11.1 Å². The van der Waals surface area contributed by atoms with Crippen molar-refractivity contribution in [1.82, 2.24) is 9.97 Å². The van der Waals surface area contributed by atoms with Crippen LogP contribution in [0.25, 0.3) is 11.0 Å². The van der Waals surface area contributed by atoms with Gasteiger partial charge in [0.1, 0.15) is 5.82 Å². The SMILES string of the molecule is Cc1cc2nc(CCCCC(=O)O)[nH]c2cc1C.Cl. The van der Waals surface area contributed by atoms with E-state index in [9.17, 15) is 4.79 Å². The lowest BCUT2D eigenvalue weighted by Crippen LogP contribution is -1.95. The molecule has 5 heteroatoms. The summed E-state index contributed by atoms with van der Waals surface area (Å²) in [7, 11) is 0. The summed E-state index contributed by atoms with van der Waals surface area (Å²) in [6, 6.07) is 4.19. The van der Waals surface area contributed by atoms with E-state index in [0.717, 1.165) is 29.7 Å². The number of hydrogen-bond acceptors (Lipinski definition) is 2. The number of fused-ring (bicyclic) bond motifs is 1. The zero-order valence-corrected chi connectivity index (χ0v) is 12.0. The first-order valence-electron chi connectivity index (χ1n) is 6.24. The second-order valence-corrected chi connectivity index (χ2v) is 4.74. The number of unbranched alkanes of at least 4 members (excludes halogenated alkanes) is 1. The predicted molar refractivity (Wildman–Crippen MR) is 78.0 cm³/mol. The third-order valence-electron chi connectivity index (χ3n) is 3.20. The van der Waals surface area contributed by atoms with Crippen LogP contribution in [-0.4, -0.2) is 21.0 Å². The molecule has 104 valence electrons. The van der Waals surface area contributed by atoms with Crippen LogP contribution in [0.2, 0.25) is 0 Å². The van der Waals surface area contributed by atoms with Crippen molar-refractivity contribution in [3.63, 3.8) is 0 Å². The molecule has 0 aliphatic rings. The van der Waals surface area contributed by atoms with Gasteiger partial charge in [-0.1, -0.05) is 0 Å². The quantitative estimate of drug-likeness (QED) is 0.826. The Kier molecular flexibility index (Phi) is 5.36. The van der Waals surface area contributed by atoms with E-state index < -0.39 is 5.97 Å². The summed E-state index contributed by atoms with van der Waals surface area (Å²) in [4.78, 5) is 18.2. The van der Waals surface area contributed by atoms with Crippen LogP contribution in [0.1, 0.15) is 36.2 Å². The Hall–Kier alpha value is -1.55. The number of aliphatic carboxylic acids is 1. The summed E-state index contributed by atoms with van der Waals surface area (Å²) in [6.45, 7) is 4.16. The highest BCUT2D eigenvalue weighted by Gasteiger charge is 2.05. The monoisotopic (exact) mass is 282 g/mol. The number of halogens is 1. The number of aromatic amines is 1. The van der Waals surface area contributed by atoms with E-state index in [4.69, 9.17) is 5.11 Å². The summed E-state index contributed by atoms with van der Waals surface area (Å²) in [6.07, 6.45) is 2.59. The van der Waals surface area contributed by atoms with Crippen molar-refractivity contribution in [1.29, 1.82) is 0 Å². The van der Waals surface area contributed by atoms with Gasteiger partial charge in [-0.3, -0.25) is 4.79 Å². The molecule has 0 spiro atoms. The van der Waals surface area contributed by atoms with Crippen LogP contribution in [-0.2, 0) is 11.2 Å². The zero-order valence-electron chi connectivity index (χ0n) is 11.2. The largest absolute Gasteiger partial charge is 0.481 e. The maximum Gasteiger partial charge on any atom is 0.303 e. The molecule has 1 aromatic heterocycles. The summed E-state index contributed by atoms with van der Waals surface area (Å²) in [5.74, 6) is 0.214. The lowest BCUT2D eigenvalue weighted by molar-refractivity contribution is -0.137. The maximum atomic E-state index is 10.4. The number of rotatable bonds is 5. The van der Waals surface area contributed by atoms with Gasteiger partial charge in [-0.2, -0.15) is 0 Å². The zero-order chi connectivity index (χ0) is 13.1. The average Bonchev–Trinajstić information content (AvgIpc) is 2.67. The standard InChI is InChI=1S/C14H18N2O2.ClH/c1-9-7-11-12(8-10(9)2)16-13(15-11)5-3-4-6-14(17)18;/h7-8H,3-6H2,1-2H3,(H,15,16)(H,17,18);1H. The highest BCUT2D eigenvalue weighted by Crippen LogP contribution is 2.18. The van der Waals surface area contributed by atoms with Crippen LogP contribution >= 0.6 is 12.4 Å². The molecule has 0 aliphatic carbocycles. The molecule has 0 saturated carbocycles. The topological polar surface area (TPSA) is 66.0 Å². The number of carboxylic acid groups (broad SMARTS) is 1. The van der Waals surface area contributed by atoms with E-state index >= 15 is 0 Å². The van der Waals surface area contributed by atoms with Crippen LogP contribution in [0, 0.1) is 13.8 Å². The number of imidazole rings is 1. The number of carboxylic acids is 1. The molecule has 0 bridgehead atoms. The van der Waals surface area contributed by atoms with Gasteiger partial charge in [0.2, 0.25) is 0 Å². The molecule has 0 fully saturated rings. The molecule has 2 aromatic rings. The molecule has 0 radical (unpaired) electrons. The van der Waals surface area contributed by atoms with Crippen molar-refractivity contribution in [3.05, 3.63) is 29.1 Å². The molecular formula is C14H19ClN2O2. The third-order valence-corrected chi connectivity index (χ3v) is 3.20. The average molecular weight is 283 g/mol. The molecule has 1 aromatic carbocycles. The van der Waals surface area contributed by atoms with Crippen LogP contribution in [0.4, 0.5) is 0 Å². The van der Waals surface area contributed by atoms with Gasteiger partial charge in [0, 0.05) is 12.8 Å². The Morgan fingerprint density at radius 1 is 1.26 bits per heavy atom. The van der Waals surface area contributed by atoms with Crippen LogP contribution in [0.15, 0.2) is 12.1 Å². The van der Waals surface area contributed by atoms with Crippen molar-refractivity contribution >= 4 is 29.4 Å². The third kappa shape index (κ3) is 3.96. The molecule has 1 heterocycles. The minimum absolute atomic E-state index is 0. The molecule has 0 unspecified atom stereocenters. The molecule has 0 atom stereocenters. The molecular weight excluding hydrogens is 264 g/mol. The van der Waals surface area contributed by atoms with Crippen molar-refractivity contribution in [2.75, 3.05) is 0 Å². The van der Waals surface area contributed by atoms with Gasteiger partial charge in [0.25, 0.3) is 0 Å². The second-order valence-electron chi connectivity index (χ2n) is 4.74. The molecule has 2 N–H and O–H groups in total. The number of carbonyl (C=O) groups is 1. The number of hydrogen-bond donors (Lipinski definition) is 2. The number of aryl methyl sites for hydroxylation is 3. The first-order valence-corrected chi connectivity index (χ1v) is 6.24. The predicted octanol–water partition coefficient (Wildman–Crippen LogP) is 3.40. The fraction of sp³-hybridized carbons (Fsp3) is 0.429. The number of benzene rings is 1. The summed E-state index contributed by atoms with van der Waals surface area (Å²) >= 11 is 0. The van der Waals surface area contributed by atoms with E-state index in [-0.39, 0.29) is 18.8 Å². The minimum Gasteiger partial charge on any atom is -0.481 e. The van der Waals surface area contributed by atoms with Crippen LogP contribution < -0.4 is 0 Å². The van der Waals surface area contributed by atoms with Crippen LogP contribution in [0.3, 0.4) is 0 Å². The van der Waals surface area contributed by atoms with E-state index in [1.54, 1.807) is 0 Å². The number of nitrogens with one attached hydrogen (secondary N) is 1. The Bertz CT molecular complexity index is 539. The maximum absolute atomic E-state index is 10.4. The summed E-state index contributed by atoms with van der Waals surface area (Å²) in [5, 5.41) is 8.56. The fourth-order valence-electron chi connectivity index (χ4n) is 2.01. The lowest BCUT2D eigenvalue weighted by Gasteiger charge is -1.97. The molecule has 0 aliphatic heterocycles. The number of nitrogens with zero attached hydrogens (tertiary/aromatic N) is 1. The van der Waals surface area contributed by atoms with E-state index in [1.807, 2.05) is 0 Å². The second kappa shape index (κ2) is 6.57. The van der Waals surface area contributed by atoms with Gasteiger partial charge in [-0.05, 0) is 49.9 Å². The van der Waals surface area contributed by atoms with Gasteiger partial charge >= 0.3 is 5.97 Å². The highest BCUT2D eigenvalue weighted by atomic mass is 35.5. The van der Waals surface area contributed by atoms with Crippen molar-refractivity contribution in [3.8, 4) is 0 Å². The van der Waals surface area contributed by atoms with Gasteiger partial charge in [-0.25, -0.2) is 4.98 Å². The van der Waals surface area contributed by atoms with Crippen LogP contribution in [0.5, 0.6) is 0 Å². The number of H-pyrrole nitrogens is 1. The van der Waals surface area contributed by atoms with Crippen molar-refractivity contribution < 1.29 is 9.90 Å². The highest BCUT2D eigenvalue weighted by molar-refractivity contribution is 5.85. The molecule has 2 rings (SSSR count). The van der Waals surface area contributed by atoms with E-state index in [2.05, 4.69) is 35.9 Å². The van der Waals surface area contributed by atoms with Gasteiger partial charge in [-0.15, -0.1) is 12.4 Å². The Morgan fingerprint density at radius 3 is 2.63 bits per heavy atom. The molecule has 0 saturated heterocycles. The van der Waals surface area contributed by atoms with Crippen molar-refractivity contribution in [2.45, 2.75) is 39.5 Å². The van der Waals surface area contributed by atoms with Gasteiger partial charge in [0.15, 0.2) is 0 Å². The fourth-order valence-corrected chi connectivity index (χ4v) is 2.01. The first kappa shape index (κ1) is 15.5. The smallest absolute Gasteiger partial charge is 0.303 e.